The first-order valence-electron chi connectivity index (χ1n) is 8.96. The first-order chi connectivity index (χ1) is 12.0. The van der Waals surface area contributed by atoms with E-state index in [1.165, 1.54) is 16.8 Å². The molecular weight excluding hydrogens is 312 g/mol. The van der Waals surface area contributed by atoms with Crippen molar-refractivity contribution in [1.82, 2.24) is 9.78 Å². The Balaban J connectivity index is 1.88. The highest BCUT2D eigenvalue weighted by Crippen LogP contribution is 2.53. The van der Waals surface area contributed by atoms with Gasteiger partial charge in [0.05, 0.1) is 17.6 Å². The number of carbonyl (C=O) groups is 1. The minimum Gasteiger partial charge on any atom is -0.515 e. The molecule has 0 radical (unpaired) electrons. The molecule has 4 rings (SSSR count). The lowest BCUT2D eigenvalue weighted by atomic mass is 9.55. The molecule has 1 saturated carbocycles. The van der Waals surface area contributed by atoms with Gasteiger partial charge >= 0.3 is 0 Å². The molecule has 4 heteroatoms. The topological polar surface area (TPSA) is 55.1 Å². The molecule has 0 spiro atoms. The van der Waals surface area contributed by atoms with Gasteiger partial charge in [0.25, 0.3) is 0 Å². The van der Waals surface area contributed by atoms with E-state index in [0.717, 1.165) is 24.8 Å². The fourth-order valence-electron chi connectivity index (χ4n) is 5.10. The standard InChI is InChI=1S/C21H24N2O2/c1-13-17-10-9-16-18(14-7-5-4-6-8-14)23(3)22-20(16)21(17,2)11-15(12-24)19(13)25/h4-8,12-13,17,24H,9-11H2,1-3H3/b15-12-/t13-,17-,21-/m0/s1. The largest absolute Gasteiger partial charge is 0.515 e. The van der Waals surface area contributed by atoms with E-state index in [1.54, 1.807) is 0 Å². The summed E-state index contributed by atoms with van der Waals surface area (Å²) in [7, 11) is 2.00. The molecule has 0 aliphatic heterocycles. The summed E-state index contributed by atoms with van der Waals surface area (Å²) in [6, 6.07) is 10.4. The second-order valence-electron chi connectivity index (χ2n) is 7.71. The molecule has 0 amide bonds. The summed E-state index contributed by atoms with van der Waals surface area (Å²) in [5.74, 6) is 0.287. The minimum absolute atomic E-state index is 0.0764. The molecule has 1 aromatic carbocycles. The highest BCUT2D eigenvalue weighted by molar-refractivity contribution is 5.98. The zero-order chi connectivity index (χ0) is 17.8. The molecule has 2 aromatic rings. The van der Waals surface area contributed by atoms with Gasteiger partial charge in [0.1, 0.15) is 0 Å². The van der Waals surface area contributed by atoms with Crippen molar-refractivity contribution in [3.63, 3.8) is 0 Å². The number of aromatic nitrogens is 2. The van der Waals surface area contributed by atoms with Crippen LogP contribution in [0.2, 0.25) is 0 Å². The monoisotopic (exact) mass is 336 g/mol. The molecule has 4 nitrogen and oxygen atoms in total. The molecule has 0 unspecified atom stereocenters. The molecular formula is C21H24N2O2. The first kappa shape index (κ1) is 16.1. The fourth-order valence-corrected chi connectivity index (χ4v) is 5.10. The van der Waals surface area contributed by atoms with Crippen LogP contribution in [0, 0.1) is 11.8 Å². The van der Waals surface area contributed by atoms with Crippen LogP contribution in [0.3, 0.4) is 0 Å². The van der Waals surface area contributed by atoms with Gasteiger partial charge < -0.3 is 5.11 Å². The van der Waals surface area contributed by atoms with Gasteiger partial charge in [0, 0.05) is 35.1 Å². The normalized spacial score (nSPS) is 30.2. The van der Waals surface area contributed by atoms with Crippen LogP contribution in [0.5, 0.6) is 0 Å². The van der Waals surface area contributed by atoms with Crippen molar-refractivity contribution >= 4 is 5.78 Å². The molecule has 3 atom stereocenters. The highest BCUT2D eigenvalue weighted by atomic mass is 16.2. The number of nitrogens with zero attached hydrogens (tertiary/aromatic N) is 2. The third-order valence-electron chi connectivity index (χ3n) is 6.30. The van der Waals surface area contributed by atoms with Gasteiger partial charge in [-0.15, -0.1) is 0 Å². The predicted molar refractivity (Wildman–Crippen MR) is 97.3 cm³/mol. The number of aliphatic hydroxyl groups is 1. The molecule has 2 aliphatic carbocycles. The average Bonchev–Trinajstić information content (AvgIpc) is 2.96. The summed E-state index contributed by atoms with van der Waals surface area (Å²) < 4.78 is 1.98. The Morgan fingerprint density at radius 3 is 2.72 bits per heavy atom. The summed E-state index contributed by atoms with van der Waals surface area (Å²) in [5.41, 5.74) is 5.08. The SMILES string of the molecule is C[C@@H]1C(=O)/C(=C\O)C[C@]2(C)c3nn(C)c(-c4ccccc4)c3CC[C@@H]12. The number of allylic oxidation sites excluding steroid dienone is 1. The van der Waals surface area contributed by atoms with Gasteiger partial charge in [-0.05, 0) is 25.2 Å². The molecule has 25 heavy (non-hydrogen) atoms. The number of fused-ring (bicyclic) bond motifs is 3. The summed E-state index contributed by atoms with van der Waals surface area (Å²) in [6.45, 7) is 4.21. The van der Waals surface area contributed by atoms with E-state index in [1.807, 2.05) is 24.7 Å². The van der Waals surface area contributed by atoms with Crippen molar-refractivity contribution in [3.8, 4) is 11.3 Å². The quantitative estimate of drug-likeness (QED) is 0.633. The Hall–Kier alpha value is -2.36. The molecule has 0 saturated heterocycles. The van der Waals surface area contributed by atoms with Gasteiger partial charge in [-0.25, -0.2) is 0 Å². The van der Waals surface area contributed by atoms with Crippen molar-refractivity contribution < 1.29 is 9.90 Å². The number of carbonyl (C=O) groups excluding carboxylic acids is 1. The second kappa shape index (κ2) is 5.58. The summed E-state index contributed by atoms with van der Waals surface area (Å²) in [4.78, 5) is 12.5. The van der Waals surface area contributed by atoms with E-state index in [0.29, 0.717) is 12.0 Å². The number of ketones is 1. The Bertz CT molecular complexity index is 866. The Morgan fingerprint density at radius 2 is 2.04 bits per heavy atom. The smallest absolute Gasteiger partial charge is 0.165 e. The van der Waals surface area contributed by atoms with Gasteiger partial charge in [-0.1, -0.05) is 44.2 Å². The number of hydrogen-bond acceptors (Lipinski definition) is 3. The van der Waals surface area contributed by atoms with Crippen LogP contribution in [0.4, 0.5) is 0 Å². The molecule has 1 heterocycles. The Morgan fingerprint density at radius 1 is 1.32 bits per heavy atom. The van der Waals surface area contributed by atoms with Crippen LogP contribution < -0.4 is 0 Å². The molecule has 0 bridgehead atoms. The first-order valence-corrected chi connectivity index (χ1v) is 8.96. The van der Waals surface area contributed by atoms with E-state index in [-0.39, 0.29) is 23.0 Å². The van der Waals surface area contributed by atoms with E-state index in [4.69, 9.17) is 5.10 Å². The summed E-state index contributed by atoms with van der Waals surface area (Å²) >= 11 is 0. The average molecular weight is 336 g/mol. The van der Waals surface area contributed by atoms with Crippen LogP contribution in [0.1, 0.15) is 37.9 Å². The van der Waals surface area contributed by atoms with E-state index >= 15 is 0 Å². The Labute approximate surface area is 148 Å². The van der Waals surface area contributed by atoms with Crippen molar-refractivity contribution in [2.45, 2.75) is 38.5 Å². The number of hydrogen-bond donors (Lipinski definition) is 1. The van der Waals surface area contributed by atoms with E-state index < -0.39 is 0 Å². The van der Waals surface area contributed by atoms with Crippen LogP contribution in [0.25, 0.3) is 11.3 Å². The summed E-state index contributed by atoms with van der Waals surface area (Å²) in [5, 5.41) is 14.5. The number of Topliss-reactive ketones (excluding diaryl/α,β-unsaturated/α-hetero) is 1. The predicted octanol–water partition coefficient (Wildman–Crippen LogP) is 3.96. The van der Waals surface area contributed by atoms with Crippen molar-refractivity contribution in [2.24, 2.45) is 18.9 Å². The number of aliphatic hydroxyl groups excluding tert-OH is 1. The zero-order valence-electron chi connectivity index (χ0n) is 15.0. The fraction of sp³-hybridized carbons (Fsp3) is 0.429. The van der Waals surface area contributed by atoms with Crippen LogP contribution in [-0.2, 0) is 23.7 Å². The maximum atomic E-state index is 12.5. The van der Waals surface area contributed by atoms with Crippen LogP contribution in [-0.4, -0.2) is 20.7 Å². The number of rotatable bonds is 1. The minimum atomic E-state index is -0.208. The third kappa shape index (κ3) is 2.20. The zero-order valence-corrected chi connectivity index (χ0v) is 15.0. The maximum absolute atomic E-state index is 12.5. The number of aryl methyl sites for hydroxylation is 1. The lowest BCUT2D eigenvalue weighted by Crippen LogP contribution is -2.47. The van der Waals surface area contributed by atoms with Crippen LogP contribution in [0.15, 0.2) is 42.2 Å². The van der Waals surface area contributed by atoms with Crippen LogP contribution >= 0.6 is 0 Å². The van der Waals surface area contributed by atoms with Gasteiger partial charge in [-0.3, -0.25) is 9.48 Å². The molecule has 1 N–H and O–H groups in total. The molecule has 130 valence electrons. The highest BCUT2D eigenvalue weighted by Gasteiger charge is 2.52. The second-order valence-corrected chi connectivity index (χ2v) is 7.71. The van der Waals surface area contributed by atoms with Crippen molar-refractivity contribution in [2.75, 3.05) is 0 Å². The van der Waals surface area contributed by atoms with Crippen molar-refractivity contribution in [3.05, 3.63) is 53.4 Å². The molecule has 1 fully saturated rings. The van der Waals surface area contributed by atoms with Crippen molar-refractivity contribution in [1.29, 1.82) is 0 Å². The third-order valence-corrected chi connectivity index (χ3v) is 6.30. The van der Waals surface area contributed by atoms with Gasteiger partial charge in [-0.2, -0.15) is 5.10 Å². The van der Waals surface area contributed by atoms with Gasteiger partial charge in [0.2, 0.25) is 0 Å². The summed E-state index contributed by atoms with van der Waals surface area (Å²) in [6.07, 6.45) is 3.51. The Kier molecular flexibility index (Phi) is 3.60. The molecule has 2 aliphatic rings. The lowest BCUT2D eigenvalue weighted by Gasteiger charge is -2.47. The maximum Gasteiger partial charge on any atom is 0.165 e. The number of benzene rings is 1. The molecule has 1 aromatic heterocycles. The lowest BCUT2D eigenvalue weighted by molar-refractivity contribution is -0.124. The van der Waals surface area contributed by atoms with E-state index in [2.05, 4.69) is 31.2 Å². The van der Waals surface area contributed by atoms with E-state index in [9.17, 15) is 9.90 Å². The van der Waals surface area contributed by atoms with Gasteiger partial charge in [0.15, 0.2) is 5.78 Å².